The van der Waals surface area contributed by atoms with E-state index in [4.69, 9.17) is 20.9 Å². The van der Waals surface area contributed by atoms with Crippen LogP contribution in [0.2, 0.25) is 0 Å². The molecule has 1 saturated heterocycles. The lowest BCUT2D eigenvalue weighted by atomic mass is 10.4. The number of carbonyl (C=O) groups excluding carboxylic acids is 1. The Morgan fingerprint density at radius 1 is 1.56 bits per heavy atom. The van der Waals surface area contributed by atoms with E-state index in [1.807, 2.05) is 18.6 Å². The largest absolute Gasteiger partial charge is 0.408 e. The van der Waals surface area contributed by atoms with E-state index in [0.29, 0.717) is 13.2 Å². The summed E-state index contributed by atoms with van der Waals surface area (Å²) in [5.41, 5.74) is 0. The Morgan fingerprint density at radius 2 is 2.12 bits per heavy atom. The lowest BCUT2D eigenvalue weighted by molar-refractivity contribution is 0.158. The van der Waals surface area contributed by atoms with Gasteiger partial charge in [-0.3, -0.25) is 4.72 Å². The van der Waals surface area contributed by atoms with E-state index in [-0.39, 0.29) is 6.04 Å². The predicted molar refractivity (Wildman–Crippen MR) is 65.0 cm³/mol. The molecule has 1 heterocycles. The third kappa shape index (κ3) is 3.94. The smallest absolute Gasteiger partial charge is 0.317 e. The molecule has 0 aromatic heterocycles. The molecule has 1 N–H and O–H groups in total. The van der Waals surface area contributed by atoms with E-state index < -0.39 is 12.8 Å². The average molecular weight is 288 g/mol. The van der Waals surface area contributed by atoms with Gasteiger partial charge in [0.25, 0.3) is 6.64 Å². The highest BCUT2D eigenvalue weighted by atomic mass is 32.5. The molecule has 1 fully saturated rings. The second-order valence-corrected chi connectivity index (χ2v) is 7.67. The first kappa shape index (κ1) is 14.3. The number of nitrogens with one attached hydrogen (secondary N) is 1. The molecule has 0 atom stereocenters. The fraction of sp³-hybridized carbons (Fsp3) is 0.857. The monoisotopic (exact) mass is 288 g/mol. The summed E-state index contributed by atoms with van der Waals surface area (Å²) < 4.78 is 26.6. The maximum atomic E-state index is 12.1. The Morgan fingerprint density at radius 3 is 2.56 bits per heavy atom. The molecule has 94 valence electrons. The quantitative estimate of drug-likeness (QED) is 0.371. The zero-order chi connectivity index (χ0) is 12.2. The van der Waals surface area contributed by atoms with Gasteiger partial charge in [-0.05, 0) is 32.1 Å². The molecule has 0 aliphatic carbocycles. The van der Waals surface area contributed by atoms with E-state index >= 15 is 0 Å². The van der Waals surface area contributed by atoms with E-state index in [1.54, 1.807) is 4.08 Å². The molecule has 0 aromatic carbocycles. The SMILES string of the molecule is CC(C)N(SNC(=O)F)P1(=S)OCCCO1. The normalized spacial score (nSPS) is 20.1. The Bertz CT molecular complexity index is 295. The van der Waals surface area contributed by atoms with Crippen LogP contribution in [0.5, 0.6) is 0 Å². The van der Waals surface area contributed by atoms with Gasteiger partial charge >= 0.3 is 6.16 Å². The number of hydrogen-bond acceptors (Lipinski definition) is 5. The molecular formula is C7H14FN2O3PS2. The summed E-state index contributed by atoms with van der Waals surface area (Å²) in [6, 6.07) is -0.0271. The average Bonchev–Trinajstić information content (AvgIpc) is 2.17. The molecule has 9 heteroatoms. The number of hydrogen-bond donors (Lipinski definition) is 1. The number of halogens is 1. The predicted octanol–water partition coefficient (Wildman–Crippen LogP) is 2.60. The molecule has 5 nitrogen and oxygen atoms in total. The van der Waals surface area contributed by atoms with Gasteiger partial charge in [-0.25, -0.2) is 4.79 Å². The van der Waals surface area contributed by atoms with Crippen LogP contribution in [0.1, 0.15) is 20.3 Å². The van der Waals surface area contributed by atoms with Crippen LogP contribution in [0.25, 0.3) is 0 Å². The van der Waals surface area contributed by atoms with Crippen molar-refractivity contribution < 1.29 is 18.2 Å². The maximum absolute atomic E-state index is 12.1. The Kier molecular flexibility index (Phi) is 5.63. The van der Waals surface area contributed by atoms with Crippen molar-refractivity contribution in [1.82, 2.24) is 8.80 Å². The zero-order valence-electron chi connectivity index (χ0n) is 9.01. The first-order valence-electron chi connectivity index (χ1n) is 4.77. The van der Waals surface area contributed by atoms with Gasteiger partial charge in [0.15, 0.2) is 0 Å². The molecular weight excluding hydrogens is 274 g/mol. The van der Waals surface area contributed by atoms with Crippen molar-refractivity contribution in [2.75, 3.05) is 13.2 Å². The third-order valence-electron chi connectivity index (χ3n) is 1.70. The summed E-state index contributed by atoms with van der Waals surface area (Å²) in [7, 11) is 0. The number of amides is 1. The molecule has 1 aliphatic heterocycles. The van der Waals surface area contributed by atoms with Crippen LogP contribution in [0, 0.1) is 0 Å². The van der Waals surface area contributed by atoms with Crippen molar-refractivity contribution in [3.63, 3.8) is 0 Å². The zero-order valence-corrected chi connectivity index (χ0v) is 11.5. The topological polar surface area (TPSA) is 50.8 Å². The molecule has 1 amide bonds. The molecule has 0 bridgehead atoms. The minimum Gasteiger partial charge on any atom is -0.317 e. The second-order valence-electron chi connectivity index (χ2n) is 3.35. The highest BCUT2D eigenvalue weighted by molar-refractivity contribution is 8.15. The van der Waals surface area contributed by atoms with Crippen LogP contribution < -0.4 is 4.72 Å². The van der Waals surface area contributed by atoms with E-state index in [0.717, 1.165) is 18.6 Å². The van der Waals surface area contributed by atoms with Crippen LogP contribution in [0.15, 0.2) is 0 Å². The fourth-order valence-electron chi connectivity index (χ4n) is 1.09. The Hall–Kier alpha value is 0.280. The molecule has 0 unspecified atom stereocenters. The van der Waals surface area contributed by atoms with Gasteiger partial charge in [-0.2, -0.15) is 4.08 Å². The minimum atomic E-state index is -2.59. The van der Waals surface area contributed by atoms with Gasteiger partial charge in [0.1, 0.15) is 0 Å². The highest BCUT2D eigenvalue weighted by Gasteiger charge is 2.34. The lowest BCUT2D eigenvalue weighted by Crippen LogP contribution is -2.29. The first-order valence-corrected chi connectivity index (χ1v) is 8.13. The van der Waals surface area contributed by atoms with Crippen LogP contribution in [0.4, 0.5) is 9.18 Å². The van der Waals surface area contributed by atoms with E-state index in [2.05, 4.69) is 0 Å². The molecule has 0 saturated carbocycles. The molecule has 16 heavy (non-hydrogen) atoms. The van der Waals surface area contributed by atoms with Gasteiger partial charge in [0.2, 0.25) is 0 Å². The van der Waals surface area contributed by atoms with Gasteiger partial charge in [0.05, 0.1) is 25.3 Å². The van der Waals surface area contributed by atoms with Gasteiger partial charge in [-0.1, -0.05) is 0 Å². The van der Waals surface area contributed by atoms with Gasteiger partial charge in [-0.15, -0.1) is 4.39 Å². The van der Waals surface area contributed by atoms with Crippen LogP contribution >= 0.6 is 18.8 Å². The molecule has 1 rings (SSSR count). The fourth-order valence-corrected chi connectivity index (χ4v) is 5.17. The highest BCUT2D eigenvalue weighted by Crippen LogP contribution is 2.58. The summed E-state index contributed by atoms with van der Waals surface area (Å²) >= 11 is 6.10. The van der Waals surface area contributed by atoms with Crippen molar-refractivity contribution in [3.05, 3.63) is 0 Å². The third-order valence-corrected chi connectivity index (χ3v) is 6.88. The summed E-state index contributed by atoms with van der Waals surface area (Å²) in [5.74, 6) is 0. The van der Waals surface area contributed by atoms with Crippen molar-refractivity contribution in [3.8, 4) is 0 Å². The van der Waals surface area contributed by atoms with Crippen molar-refractivity contribution in [2.24, 2.45) is 0 Å². The number of rotatable bonds is 4. The van der Waals surface area contributed by atoms with Crippen LogP contribution in [-0.2, 0) is 20.9 Å². The van der Waals surface area contributed by atoms with Crippen molar-refractivity contribution in [2.45, 2.75) is 26.3 Å². The van der Waals surface area contributed by atoms with Crippen LogP contribution in [0.3, 0.4) is 0 Å². The lowest BCUT2D eigenvalue weighted by Gasteiger charge is -2.36. The number of carbonyl (C=O) groups is 1. The van der Waals surface area contributed by atoms with Crippen LogP contribution in [-0.4, -0.2) is 29.5 Å². The summed E-state index contributed by atoms with van der Waals surface area (Å²) in [4.78, 5) is 10.2. The van der Waals surface area contributed by atoms with Gasteiger partial charge in [0, 0.05) is 6.04 Å². The molecule has 0 radical (unpaired) electrons. The first-order chi connectivity index (χ1) is 7.46. The molecule has 0 spiro atoms. The van der Waals surface area contributed by atoms with Gasteiger partial charge < -0.3 is 9.05 Å². The van der Waals surface area contributed by atoms with E-state index in [9.17, 15) is 9.18 Å². The number of nitrogens with zero attached hydrogens (tertiary/aromatic N) is 1. The molecule has 0 aromatic rings. The molecule has 1 aliphatic rings. The summed E-state index contributed by atoms with van der Waals surface area (Å²) in [5, 5.41) is 0. The maximum Gasteiger partial charge on any atom is 0.408 e. The second kappa shape index (κ2) is 6.28. The van der Waals surface area contributed by atoms with E-state index in [1.165, 1.54) is 0 Å². The Labute approximate surface area is 104 Å². The summed E-state index contributed by atoms with van der Waals surface area (Å²) in [6.45, 7) is 2.21. The Balaban J connectivity index is 2.67. The minimum absolute atomic E-state index is 0.0271. The van der Waals surface area contributed by atoms with Crippen molar-refractivity contribution in [1.29, 1.82) is 0 Å². The standard InChI is InChI=1S/C7H14FN2O3PS2/c1-6(2)10(16-9-7(8)11)14(15)12-4-3-5-13-14/h6H,3-5H2,1-2H3,(H,9,11). The van der Waals surface area contributed by atoms with Crippen molar-refractivity contribution >= 4 is 36.7 Å². The summed E-state index contributed by atoms with van der Waals surface area (Å²) in [6.07, 6.45) is -0.820.